The molecule has 1 rings (SSSR count). The summed E-state index contributed by atoms with van der Waals surface area (Å²) in [7, 11) is 4.39. The van der Waals surface area contributed by atoms with Crippen LogP contribution in [0.4, 0.5) is 0 Å². The number of aromatic nitrogens is 1. The first-order chi connectivity index (χ1) is 6.79. The van der Waals surface area contributed by atoms with Crippen molar-refractivity contribution in [1.82, 2.24) is 4.98 Å². The second-order valence-electron chi connectivity index (χ2n) is 3.91. The molecule has 0 bridgehead atoms. The van der Waals surface area contributed by atoms with Gasteiger partial charge in [0.25, 0.3) is 0 Å². The van der Waals surface area contributed by atoms with Gasteiger partial charge in [-0.3, -0.25) is 4.98 Å². The summed E-state index contributed by atoms with van der Waals surface area (Å²) in [5.41, 5.74) is 1.17. The average Bonchev–Trinajstić information content (AvgIpc) is 2.18. The predicted octanol–water partition coefficient (Wildman–Crippen LogP) is -1.32. The van der Waals surface area contributed by atoms with E-state index in [2.05, 4.69) is 30.5 Å². The quantitative estimate of drug-likeness (QED) is 0.543. The van der Waals surface area contributed by atoms with Gasteiger partial charge in [-0.1, -0.05) is 6.07 Å². The van der Waals surface area contributed by atoms with Crippen LogP contribution in [0, 0.1) is 0 Å². The van der Waals surface area contributed by atoms with Crippen molar-refractivity contribution in [1.29, 1.82) is 0 Å². The molecule has 3 nitrogen and oxygen atoms in total. The Kier molecular flexibility index (Phi) is 5.19. The number of rotatable bonds is 6. The molecule has 0 unspecified atom stereocenters. The molecule has 0 saturated heterocycles. The Bertz CT molecular complexity index is 234. The highest BCUT2D eigenvalue weighted by molar-refractivity contribution is 5.01. The van der Waals surface area contributed by atoms with Gasteiger partial charge in [0, 0.05) is 12.6 Å². The van der Waals surface area contributed by atoms with Crippen LogP contribution in [0.25, 0.3) is 0 Å². The first-order valence-electron chi connectivity index (χ1n) is 5.29. The van der Waals surface area contributed by atoms with Crippen molar-refractivity contribution in [3.63, 3.8) is 0 Å². The smallest absolute Gasteiger partial charge is 0.118 e. The van der Waals surface area contributed by atoms with Gasteiger partial charge in [0.1, 0.15) is 6.54 Å². The summed E-state index contributed by atoms with van der Waals surface area (Å²) in [5, 5.41) is 2.32. The molecule has 1 heterocycles. The predicted molar refractivity (Wildman–Crippen MR) is 57.0 cm³/mol. The Balaban J connectivity index is 2.05. The lowest BCUT2D eigenvalue weighted by molar-refractivity contribution is -0.860. The largest absolute Gasteiger partial charge is 0.341 e. The van der Waals surface area contributed by atoms with E-state index in [0.29, 0.717) is 0 Å². The molecular formula is C11H21N3+2. The average molecular weight is 195 g/mol. The van der Waals surface area contributed by atoms with Crippen molar-refractivity contribution < 1.29 is 10.2 Å². The Labute approximate surface area is 86.2 Å². The van der Waals surface area contributed by atoms with Crippen molar-refractivity contribution in [2.45, 2.75) is 13.0 Å². The fraction of sp³-hybridized carbons (Fsp3) is 0.545. The summed E-state index contributed by atoms with van der Waals surface area (Å²) in [6.07, 6.45) is 3.13. The zero-order valence-corrected chi connectivity index (χ0v) is 9.16. The van der Waals surface area contributed by atoms with E-state index in [9.17, 15) is 0 Å². The molecule has 3 N–H and O–H groups in total. The van der Waals surface area contributed by atoms with Crippen LogP contribution in [0.5, 0.6) is 0 Å². The van der Waals surface area contributed by atoms with E-state index < -0.39 is 0 Å². The number of nitrogens with one attached hydrogen (secondary N) is 1. The second-order valence-corrected chi connectivity index (χ2v) is 3.91. The highest BCUT2D eigenvalue weighted by atomic mass is 15.1. The molecule has 3 heteroatoms. The number of pyridine rings is 1. The lowest BCUT2D eigenvalue weighted by atomic mass is 10.3. The van der Waals surface area contributed by atoms with Gasteiger partial charge < -0.3 is 10.2 Å². The Hall–Kier alpha value is -0.930. The van der Waals surface area contributed by atoms with Crippen LogP contribution in [0.1, 0.15) is 12.1 Å². The molecule has 0 aliphatic carbocycles. The third kappa shape index (κ3) is 4.94. The zero-order valence-electron chi connectivity index (χ0n) is 9.16. The standard InChI is InChI=1S/C11H19N3/c1-14(2)9-5-7-12-10-11-6-3-4-8-13-11/h3-4,6,8,12H,5,7,9-10H2,1-2H3/p+2. The van der Waals surface area contributed by atoms with Crippen LogP contribution in [0.15, 0.2) is 24.4 Å². The van der Waals surface area contributed by atoms with Gasteiger partial charge in [-0.15, -0.1) is 0 Å². The highest BCUT2D eigenvalue weighted by Gasteiger charge is 1.97. The van der Waals surface area contributed by atoms with E-state index >= 15 is 0 Å². The molecule has 0 aromatic carbocycles. The molecule has 1 aromatic rings. The van der Waals surface area contributed by atoms with Crippen molar-refractivity contribution in [2.24, 2.45) is 0 Å². The highest BCUT2D eigenvalue weighted by Crippen LogP contribution is 1.88. The van der Waals surface area contributed by atoms with Crippen LogP contribution in [-0.2, 0) is 6.54 Å². The van der Waals surface area contributed by atoms with Gasteiger partial charge in [-0.05, 0) is 12.1 Å². The Morgan fingerprint density at radius 3 is 2.86 bits per heavy atom. The first-order valence-corrected chi connectivity index (χ1v) is 5.29. The van der Waals surface area contributed by atoms with Gasteiger partial charge >= 0.3 is 0 Å². The normalized spacial score (nSPS) is 10.8. The van der Waals surface area contributed by atoms with Crippen LogP contribution in [0.3, 0.4) is 0 Å². The maximum absolute atomic E-state index is 4.28. The molecule has 0 amide bonds. The minimum atomic E-state index is 1.00. The molecule has 0 atom stereocenters. The molecular weight excluding hydrogens is 174 g/mol. The number of nitrogens with zero attached hydrogens (tertiary/aromatic N) is 1. The van der Waals surface area contributed by atoms with E-state index in [0.717, 1.165) is 6.54 Å². The maximum Gasteiger partial charge on any atom is 0.118 e. The molecule has 0 saturated carbocycles. The van der Waals surface area contributed by atoms with E-state index in [-0.39, 0.29) is 0 Å². The van der Waals surface area contributed by atoms with E-state index in [1.807, 2.05) is 18.3 Å². The van der Waals surface area contributed by atoms with E-state index in [4.69, 9.17) is 0 Å². The third-order valence-electron chi connectivity index (χ3n) is 2.16. The molecule has 0 aliphatic rings. The Morgan fingerprint density at radius 2 is 2.21 bits per heavy atom. The van der Waals surface area contributed by atoms with Crippen LogP contribution in [-0.4, -0.2) is 32.2 Å². The summed E-state index contributed by atoms with van der Waals surface area (Å²) in [6, 6.07) is 6.08. The molecule has 0 spiro atoms. The maximum atomic E-state index is 4.28. The van der Waals surface area contributed by atoms with Crippen molar-refractivity contribution in [3.05, 3.63) is 30.1 Å². The van der Waals surface area contributed by atoms with Gasteiger partial charge in [0.2, 0.25) is 0 Å². The summed E-state index contributed by atoms with van der Waals surface area (Å²) in [5.74, 6) is 0. The summed E-state index contributed by atoms with van der Waals surface area (Å²) in [6.45, 7) is 3.45. The Morgan fingerprint density at radius 1 is 1.36 bits per heavy atom. The fourth-order valence-corrected chi connectivity index (χ4v) is 1.37. The van der Waals surface area contributed by atoms with Crippen LogP contribution < -0.4 is 10.2 Å². The number of quaternary nitrogens is 2. The SMILES string of the molecule is C[NH+](C)CCC[NH2+]Cc1ccccn1. The molecule has 14 heavy (non-hydrogen) atoms. The fourth-order valence-electron chi connectivity index (χ4n) is 1.37. The van der Waals surface area contributed by atoms with Crippen LogP contribution in [0.2, 0.25) is 0 Å². The number of hydrogen-bond acceptors (Lipinski definition) is 1. The minimum Gasteiger partial charge on any atom is -0.341 e. The van der Waals surface area contributed by atoms with Crippen molar-refractivity contribution >= 4 is 0 Å². The molecule has 78 valence electrons. The van der Waals surface area contributed by atoms with Crippen molar-refractivity contribution in [3.8, 4) is 0 Å². The molecule has 0 radical (unpaired) electrons. The van der Waals surface area contributed by atoms with E-state index in [1.54, 1.807) is 0 Å². The third-order valence-corrected chi connectivity index (χ3v) is 2.16. The zero-order chi connectivity index (χ0) is 10.2. The number of nitrogens with two attached hydrogens (primary N) is 1. The molecule has 0 fully saturated rings. The molecule has 1 aromatic heterocycles. The van der Waals surface area contributed by atoms with Gasteiger partial charge in [-0.2, -0.15) is 0 Å². The second kappa shape index (κ2) is 6.51. The van der Waals surface area contributed by atoms with Crippen molar-refractivity contribution in [2.75, 3.05) is 27.2 Å². The van der Waals surface area contributed by atoms with E-state index in [1.165, 1.54) is 30.1 Å². The summed E-state index contributed by atoms with van der Waals surface area (Å²) >= 11 is 0. The van der Waals surface area contributed by atoms with Crippen LogP contribution >= 0.6 is 0 Å². The van der Waals surface area contributed by atoms with Gasteiger partial charge in [-0.25, -0.2) is 0 Å². The monoisotopic (exact) mass is 195 g/mol. The minimum absolute atomic E-state index is 1.00. The topological polar surface area (TPSA) is 33.9 Å². The molecule has 0 aliphatic heterocycles. The van der Waals surface area contributed by atoms with Gasteiger partial charge in [0.05, 0.1) is 32.9 Å². The lowest BCUT2D eigenvalue weighted by Crippen LogP contribution is -3.06. The summed E-state index contributed by atoms with van der Waals surface area (Å²) < 4.78 is 0. The summed E-state index contributed by atoms with van der Waals surface area (Å²) in [4.78, 5) is 5.80. The number of hydrogen-bond donors (Lipinski definition) is 2. The van der Waals surface area contributed by atoms with Gasteiger partial charge in [0.15, 0.2) is 0 Å². The lowest BCUT2D eigenvalue weighted by Gasteiger charge is -2.05. The first kappa shape index (κ1) is 11.1.